The molecule has 0 aliphatic heterocycles. The van der Waals surface area contributed by atoms with Crippen molar-refractivity contribution in [3.05, 3.63) is 12.4 Å². The van der Waals surface area contributed by atoms with Gasteiger partial charge in [-0.2, -0.15) is 0 Å². The van der Waals surface area contributed by atoms with Gasteiger partial charge in [0.25, 0.3) is 0 Å². The molecule has 0 aromatic carbocycles. The van der Waals surface area contributed by atoms with E-state index in [0.717, 1.165) is 0 Å². The van der Waals surface area contributed by atoms with Gasteiger partial charge in [-0.05, 0) is 20.8 Å². The van der Waals surface area contributed by atoms with E-state index in [9.17, 15) is 4.79 Å². The van der Waals surface area contributed by atoms with Gasteiger partial charge in [0, 0.05) is 12.7 Å². The van der Waals surface area contributed by atoms with Gasteiger partial charge in [0.1, 0.15) is 5.60 Å². The normalized spacial score (nSPS) is 11.4. The summed E-state index contributed by atoms with van der Waals surface area (Å²) < 4.78 is 6.84. The minimum absolute atomic E-state index is 0.214. The molecule has 1 aromatic heterocycles. The van der Waals surface area contributed by atoms with Crippen molar-refractivity contribution in [3.8, 4) is 0 Å². The number of hydrogen-bond donors (Lipinski definition) is 1. The van der Waals surface area contributed by atoms with Crippen molar-refractivity contribution in [1.82, 2.24) is 20.3 Å². The van der Waals surface area contributed by atoms with Crippen LogP contribution in [0.4, 0.5) is 0 Å². The molecule has 0 saturated heterocycles. The minimum atomic E-state index is -0.426. The van der Waals surface area contributed by atoms with Gasteiger partial charge in [0.2, 0.25) is 0 Å². The highest BCUT2D eigenvalue weighted by Crippen LogP contribution is 2.05. The van der Waals surface area contributed by atoms with Gasteiger partial charge in [-0.15, -0.1) is 5.10 Å². The third-order valence-corrected chi connectivity index (χ3v) is 1.68. The van der Waals surface area contributed by atoms with E-state index in [2.05, 4.69) is 15.6 Å². The molecule has 0 atom stereocenters. The average molecular weight is 226 g/mol. The number of ether oxygens (including phenoxy) is 1. The number of hydrogen-bond acceptors (Lipinski definition) is 5. The number of nitrogens with one attached hydrogen (secondary N) is 1. The molecule has 0 unspecified atom stereocenters. The Hall–Kier alpha value is -1.43. The van der Waals surface area contributed by atoms with E-state index in [4.69, 9.17) is 4.74 Å². The van der Waals surface area contributed by atoms with Crippen LogP contribution in [0.2, 0.25) is 0 Å². The molecule has 1 rings (SSSR count). The third-order valence-electron chi connectivity index (χ3n) is 1.68. The summed E-state index contributed by atoms with van der Waals surface area (Å²) in [4.78, 5) is 11.3. The van der Waals surface area contributed by atoms with E-state index in [1.165, 1.54) is 0 Å². The molecular weight excluding hydrogens is 208 g/mol. The van der Waals surface area contributed by atoms with Crippen LogP contribution in [0.3, 0.4) is 0 Å². The van der Waals surface area contributed by atoms with Crippen LogP contribution in [0.15, 0.2) is 12.4 Å². The lowest BCUT2D eigenvalue weighted by Crippen LogP contribution is -2.32. The van der Waals surface area contributed by atoms with Gasteiger partial charge in [-0.3, -0.25) is 9.48 Å². The summed E-state index contributed by atoms with van der Waals surface area (Å²) in [6.45, 7) is 7.10. The second-order valence-corrected chi connectivity index (χ2v) is 4.43. The molecule has 0 fully saturated rings. The Bertz CT molecular complexity index is 316. The Morgan fingerprint density at radius 3 is 2.81 bits per heavy atom. The Morgan fingerprint density at radius 2 is 2.25 bits per heavy atom. The van der Waals surface area contributed by atoms with E-state index in [-0.39, 0.29) is 12.5 Å². The summed E-state index contributed by atoms with van der Waals surface area (Å²) in [5.74, 6) is -0.244. The van der Waals surface area contributed by atoms with Crippen molar-refractivity contribution in [1.29, 1.82) is 0 Å². The lowest BCUT2D eigenvalue weighted by Gasteiger charge is -2.19. The molecule has 0 bridgehead atoms. The number of aromatic nitrogens is 3. The molecule has 0 spiro atoms. The van der Waals surface area contributed by atoms with E-state index in [0.29, 0.717) is 13.1 Å². The maximum Gasteiger partial charge on any atom is 0.320 e. The van der Waals surface area contributed by atoms with Crippen LogP contribution in [0.25, 0.3) is 0 Å². The van der Waals surface area contributed by atoms with E-state index >= 15 is 0 Å². The first-order valence-electron chi connectivity index (χ1n) is 5.24. The van der Waals surface area contributed by atoms with E-state index < -0.39 is 5.60 Å². The Morgan fingerprint density at radius 1 is 1.50 bits per heavy atom. The summed E-state index contributed by atoms with van der Waals surface area (Å²) in [6, 6.07) is 0. The van der Waals surface area contributed by atoms with Crippen molar-refractivity contribution in [2.24, 2.45) is 0 Å². The molecule has 16 heavy (non-hydrogen) atoms. The van der Waals surface area contributed by atoms with Gasteiger partial charge in [-0.1, -0.05) is 5.21 Å². The molecule has 0 aliphatic carbocycles. The summed E-state index contributed by atoms with van der Waals surface area (Å²) in [5, 5.41) is 10.5. The number of carbonyl (C=O) groups is 1. The first-order chi connectivity index (χ1) is 7.47. The fourth-order valence-electron chi connectivity index (χ4n) is 1.11. The summed E-state index contributed by atoms with van der Waals surface area (Å²) >= 11 is 0. The number of nitrogens with zero attached hydrogens (tertiary/aromatic N) is 3. The maximum absolute atomic E-state index is 11.3. The fraction of sp³-hybridized carbons (Fsp3) is 0.700. The zero-order valence-corrected chi connectivity index (χ0v) is 9.93. The summed E-state index contributed by atoms with van der Waals surface area (Å²) in [7, 11) is 0. The Balaban J connectivity index is 2.09. The summed E-state index contributed by atoms with van der Waals surface area (Å²) in [6.07, 6.45) is 3.39. The zero-order valence-electron chi connectivity index (χ0n) is 9.93. The van der Waals surface area contributed by atoms with Crippen LogP contribution in [0, 0.1) is 0 Å². The van der Waals surface area contributed by atoms with Crippen LogP contribution < -0.4 is 5.32 Å². The molecule has 1 aromatic rings. The van der Waals surface area contributed by atoms with E-state index in [1.807, 2.05) is 20.8 Å². The van der Waals surface area contributed by atoms with Gasteiger partial charge in [0.05, 0.1) is 19.3 Å². The smallest absolute Gasteiger partial charge is 0.320 e. The Labute approximate surface area is 95.0 Å². The molecule has 6 nitrogen and oxygen atoms in total. The van der Waals surface area contributed by atoms with Gasteiger partial charge >= 0.3 is 5.97 Å². The topological polar surface area (TPSA) is 69.0 Å². The molecule has 0 amide bonds. The second kappa shape index (κ2) is 5.60. The largest absolute Gasteiger partial charge is 0.459 e. The molecule has 0 saturated carbocycles. The van der Waals surface area contributed by atoms with Crippen LogP contribution in [-0.2, 0) is 16.1 Å². The van der Waals surface area contributed by atoms with Crippen LogP contribution in [0.5, 0.6) is 0 Å². The van der Waals surface area contributed by atoms with Gasteiger partial charge < -0.3 is 10.1 Å². The number of esters is 1. The van der Waals surface area contributed by atoms with Gasteiger partial charge in [-0.25, -0.2) is 0 Å². The zero-order chi connectivity index (χ0) is 12.0. The molecule has 1 heterocycles. The van der Waals surface area contributed by atoms with Crippen molar-refractivity contribution in [3.63, 3.8) is 0 Å². The highest BCUT2D eigenvalue weighted by atomic mass is 16.6. The van der Waals surface area contributed by atoms with Crippen LogP contribution in [0.1, 0.15) is 20.8 Å². The van der Waals surface area contributed by atoms with Crippen LogP contribution >= 0.6 is 0 Å². The standard InChI is InChI=1S/C10H18N4O2/c1-10(2,3)16-9(15)8-11-4-6-14-7-5-12-13-14/h5,7,11H,4,6,8H2,1-3H3. The lowest BCUT2D eigenvalue weighted by molar-refractivity contribution is -0.153. The molecule has 90 valence electrons. The highest BCUT2D eigenvalue weighted by Gasteiger charge is 2.15. The third kappa shape index (κ3) is 5.45. The number of rotatable bonds is 5. The molecule has 6 heteroatoms. The lowest BCUT2D eigenvalue weighted by atomic mass is 10.2. The number of carbonyl (C=O) groups excluding carboxylic acids is 1. The van der Waals surface area contributed by atoms with Crippen molar-refractivity contribution in [2.45, 2.75) is 32.9 Å². The first kappa shape index (κ1) is 12.6. The molecular formula is C10H18N4O2. The predicted octanol–water partition coefficient (Wildman–Crippen LogP) is 0.209. The van der Waals surface area contributed by atoms with Gasteiger partial charge in [0.15, 0.2) is 0 Å². The molecule has 1 N–H and O–H groups in total. The molecule has 0 radical (unpaired) electrons. The van der Waals surface area contributed by atoms with Crippen molar-refractivity contribution < 1.29 is 9.53 Å². The monoisotopic (exact) mass is 226 g/mol. The minimum Gasteiger partial charge on any atom is -0.459 e. The molecule has 0 aliphatic rings. The average Bonchev–Trinajstić information content (AvgIpc) is 2.62. The predicted molar refractivity (Wildman–Crippen MR) is 58.7 cm³/mol. The fourth-order valence-corrected chi connectivity index (χ4v) is 1.11. The van der Waals surface area contributed by atoms with Crippen LogP contribution in [-0.4, -0.2) is 39.7 Å². The Kier molecular flexibility index (Phi) is 4.42. The quantitative estimate of drug-likeness (QED) is 0.574. The highest BCUT2D eigenvalue weighted by molar-refractivity contribution is 5.72. The van der Waals surface area contributed by atoms with Crippen molar-refractivity contribution >= 4 is 5.97 Å². The second-order valence-electron chi connectivity index (χ2n) is 4.43. The first-order valence-corrected chi connectivity index (χ1v) is 5.24. The van der Waals surface area contributed by atoms with E-state index in [1.54, 1.807) is 17.1 Å². The SMILES string of the molecule is CC(C)(C)OC(=O)CNCCn1ccnn1. The van der Waals surface area contributed by atoms with Crippen molar-refractivity contribution in [2.75, 3.05) is 13.1 Å². The summed E-state index contributed by atoms with van der Waals surface area (Å²) in [5.41, 5.74) is -0.426. The maximum atomic E-state index is 11.3.